The summed E-state index contributed by atoms with van der Waals surface area (Å²) in [5, 5.41) is 31.8. The highest BCUT2D eigenvalue weighted by molar-refractivity contribution is 5.73. The second-order valence-corrected chi connectivity index (χ2v) is 5.36. The lowest BCUT2D eigenvalue weighted by Gasteiger charge is -2.42. The van der Waals surface area contributed by atoms with Crippen molar-refractivity contribution in [1.29, 1.82) is 0 Å². The molecule has 122 valence electrons. The molecule has 5 atom stereocenters. The van der Waals surface area contributed by atoms with Crippen molar-refractivity contribution < 1.29 is 29.6 Å². The van der Waals surface area contributed by atoms with Gasteiger partial charge in [-0.25, -0.2) is 0 Å². The fourth-order valence-electron chi connectivity index (χ4n) is 2.32. The number of aliphatic hydroxyl groups excluding tert-OH is 3. The number of aryl methyl sites for hydroxylation is 1. The Hall–Kier alpha value is -1.67. The molecule has 1 aromatic rings. The van der Waals surface area contributed by atoms with Gasteiger partial charge in [0.2, 0.25) is 12.2 Å². The molecule has 1 amide bonds. The van der Waals surface area contributed by atoms with Crippen LogP contribution in [0.25, 0.3) is 0 Å². The largest absolute Gasteiger partial charge is 0.463 e. The van der Waals surface area contributed by atoms with Gasteiger partial charge in [0, 0.05) is 6.92 Å². The zero-order valence-corrected chi connectivity index (χ0v) is 12.5. The van der Waals surface area contributed by atoms with Gasteiger partial charge in [-0.3, -0.25) is 4.79 Å². The summed E-state index contributed by atoms with van der Waals surface area (Å²) in [6, 6.07) is 6.21. The molecule has 1 aromatic carbocycles. The second kappa shape index (κ2) is 7.06. The number of hydrogen-bond donors (Lipinski definition) is 4. The maximum Gasteiger partial charge on any atom is 0.223 e. The average Bonchev–Trinajstić information content (AvgIpc) is 2.48. The van der Waals surface area contributed by atoms with Crippen molar-refractivity contribution in [1.82, 2.24) is 5.32 Å². The van der Waals surface area contributed by atoms with Gasteiger partial charge in [-0.05, 0) is 19.1 Å². The van der Waals surface area contributed by atoms with Crippen molar-refractivity contribution in [3.05, 3.63) is 29.8 Å². The topological polar surface area (TPSA) is 108 Å². The molecule has 4 N–H and O–H groups in total. The van der Waals surface area contributed by atoms with Crippen LogP contribution in [-0.2, 0) is 9.53 Å². The molecule has 0 radical (unpaired) electrons. The van der Waals surface area contributed by atoms with Gasteiger partial charge in [0.05, 0.1) is 6.61 Å². The first kappa shape index (κ1) is 16.7. The molecule has 1 heterocycles. The first-order chi connectivity index (χ1) is 10.4. The number of amides is 1. The molecule has 1 saturated heterocycles. The summed E-state index contributed by atoms with van der Waals surface area (Å²) in [7, 11) is 0. The second-order valence-electron chi connectivity index (χ2n) is 5.36. The van der Waals surface area contributed by atoms with Gasteiger partial charge in [-0.2, -0.15) is 0 Å². The molecule has 7 nitrogen and oxygen atoms in total. The standard InChI is InChI=1S/C15H21NO6/c1-8-3-5-10(6-4-8)21-15-12(16-9(2)18)14(20)13(19)11(7-17)22-15/h3-6,11-15,17,19-20H,7H2,1-2H3,(H,16,18)/t11-,12+,13+,14-,15-/m0/s1. The van der Waals surface area contributed by atoms with Crippen LogP contribution < -0.4 is 10.1 Å². The zero-order valence-electron chi connectivity index (χ0n) is 12.5. The molecule has 0 spiro atoms. The number of ether oxygens (including phenoxy) is 2. The zero-order chi connectivity index (χ0) is 16.3. The molecule has 1 aliphatic heterocycles. The Labute approximate surface area is 128 Å². The summed E-state index contributed by atoms with van der Waals surface area (Å²) in [4.78, 5) is 11.3. The maximum atomic E-state index is 11.3. The predicted molar refractivity (Wildman–Crippen MR) is 77.2 cm³/mol. The lowest BCUT2D eigenvalue weighted by atomic mass is 9.97. The number of carbonyl (C=O) groups is 1. The third-order valence-electron chi connectivity index (χ3n) is 3.52. The van der Waals surface area contributed by atoms with Crippen molar-refractivity contribution in [2.75, 3.05) is 6.61 Å². The van der Waals surface area contributed by atoms with E-state index < -0.39 is 37.3 Å². The quantitative estimate of drug-likeness (QED) is 0.587. The Morgan fingerprint density at radius 1 is 1.27 bits per heavy atom. The number of rotatable bonds is 4. The Kier molecular flexibility index (Phi) is 5.36. The Balaban J connectivity index is 2.18. The van der Waals surface area contributed by atoms with E-state index in [1.165, 1.54) is 6.92 Å². The molecule has 0 unspecified atom stereocenters. The van der Waals surface area contributed by atoms with Gasteiger partial charge in [0.25, 0.3) is 0 Å². The molecule has 0 bridgehead atoms. The van der Waals surface area contributed by atoms with Crippen LogP contribution in [0.15, 0.2) is 24.3 Å². The highest BCUT2D eigenvalue weighted by Crippen LogP contribution is 2.24. The lowest BCUT2D eigenvalue weighted by Crippen LogP contribution is -2.65. The van der Waals surface area contributed by atoms with Crippen molar-refractivity contribution >= 4 is 5.91 Å². The number of benzene rings is 1. The van der Waals surface area contributed by atoms with E-state index in [4.69, 9.17) is 9.47 Å². The van der Waals surface area contributed by atoms with Crippen molar-refractivity contribution in [2.24, 2.45) is 0 Å². The first-order valence-corrected chi connectivity index (χ1v) is 7.05. The molecule has 22 heavy (non-hydrogen) atoms. The van der Waals surface area contributed by atoms with Crippen LogP contribution in [0.3, 0.4) is 0 Å². The summed E-state index contributed by atoms with van der Waals surface area (Å²) in [6.07, 6.45) is -4.65. The average molecular weight is 311 g/mol. The summed E-state index contributed by atoms with van der Waals surface area (Å²) >= 11 is 0. The molecule has 0 aliphatic carbocycles. The van der Waals surface area contributed by atoms with E-state index in [-0.39, 0.29) is 5.91 Å². The highest BCUT2D eigenvalue weighted by Gasteiger charge is 2.46. The smallest absolute Gasteiger partial charge is 0.223 e. The maximum absolute atomic E-state index is 11.3. The minimum atomic E-state index is -1.32. The summed E-state index contributed by atoms with van der Waals surface area (Å²) < 4.78 is 11.1. The van der Waals surface area contributed by atoms with Crippen LogP contribution in [0.4, 0.5) is 0 Å². The minimum absolute atomic E-state index is 0.389. The molecule has 1 aliphatic rings. The van der Waals surface area contributed by atoms with Gasteiger partial charge in [0.1, 0.15) is 30.1 Å². The normalized spacial score (nSPS) is 31.6. The monoisotopic (exact) mass is 311 g/mol. The number of hydrogen-bond acceptors (Lipinski definition) is 6. The van der Waals surface area contributed by atoms with E-state index in [1.807, 2.05) is 19.1 Å². The van der Waals surface area contributed by atoms with Crippen LogP contribution in [0.1, 0.15) is 12.5 Å². The third-order valence-corrected chi connectivity index (χ3v) is 3.52. The van der Waals surface area contributed by atoms with Gasteiger partial charge < -0.3 is 30.1 Å². The highest BCUT2D eigenvalue weighted by atomic mass is 16.7. The van der Waals surface area contributed by atoms with E-state index in [0.29, 0.717) is 5.75 Å². The van der Waals surface area contributed by atoms with Crippen molar-refractivity contribution in [3.63, 3.8) is 0 Å². The van der Waals surface area contributed by atoms with Crippen LogP contribution >= 0.6 is 0 Å². The summed E-state index contributed by atoms with van der Waals surface area (Å²) in [6.45, 7) is 2.75. The Bertz CT molecular complexity index is 505. The van der Waals surface area contributed by atoms with E-state index in [0.717, 1.165) is 5.56 Å². The van der Waals surface area contributed by atoms with Crippen LogP contribution in [0.5, 0.6) is 5.75 Å². The van der Waals surface area contributed by atoms with Crippen LogP contribution in [-0.4, -0.2) is 58.5 Å². The molecular weight excluding hydrogens is 290 g/mol. The minimum Gasteiger partial charge on any atom is -0.463 e. The van der Waals surface area contributed by atoms with Gasteiger partial charge in [0.15, 0.2) is 0 Å². The molecule has 0 aromatic heterocycles. The molecule has 2 rings (SSSR count). The molecule has 7 heteroatoms. The number of nitrogens with one attached hydrogen (secondary N) is 1. The Morgan fingerprint density at radius 2 is 1.91 bits per heavy atom. The fraction of sp³-hybridized carbons (Fsp3) is 0.533. The fourth-order valence-corrected chi connectivity index (χ4v) is 2.32. The molecule has 1 fully saturated rings. The summed E-state index contributed by atoms with van der Waals surface area (Å²) in [5.41, 5.74) is 1.05. The van der Waals surface area contributed by atoms with E-state index in [2.05, 4.69) is 5.32 Å². The van der Waals surface area contributed by atoms with E-state index >= 15 is 0 Å². The van der Waals surface area contributed by atoms with Crippen molar-refractivity contribution in [3.8, 4) is 5.75 Å². The van der Waals surface area contributed by atoms with Crippen LogP contribution in [0, 0.1) is 6.92 Å². The van der Waals surface area contributed by atoms with Crippen molar-refractivity contribution in [2.45, 2.75) is 44.5 Å². The number of carbonyl (C=O) groups excluding carboxylic acids is 1. The third kappa shape index (κ3) is 3.75. The van der Waals surface area contributed by atoms with Gasteiger partial charge in [-0.1, -0.05) is 17.7 Å². The molecular formula is C15H21NO6. The van der Waals surface area contributed by atoms with Crippen LogP contribution in [0.2, 0.25) is 0 Å². The SMILES string of the molecule is CC(=O)N[C@H]1[C@@H](Oc2ccc(C)cc2)O[C@@H](CO)[C@@H](O)[C@H]1O. The lowest BCUT2D eigenvalue weighted by molar-refractivity contribution is -0.244. The molecule has 0 saturated carbocycles. The summed E-state index contributed by atoms with van der Waals surface area (Å²) in [5.74, 6) is 0.103. The number of aliphatic hydroxyl groups is 3. The van der Waals surface area contributed by atoms with Gasteiger partial charge >= 0.3 is 0 Å². The Morgan fingerprint density at radius 3 is 2.45 bits per heavy atom. The first-order valence-electron chi connectivity index (χ1n) is 7.05. The predicted octanol–water partition coefficient (Wildman–Crippen LogP) is -0.682. The van der Waals surface area contributed by atoms with E-state index in [1.54, 1.807) is 12.1 Å². The van der Waals surface area contributed by atoms with E-state index in [9.17, 15) is 20.1 Å². The van der Waals surface area contributed by atoms with Gasteiger partial charge in [-0.15, -0.1) is 0 Å².